The molecule has 0 N–H and O–H groups in total. The van der Waals surface area contributed by atoms with E-state index < -0.39 is 17.9 Å². The van der Waals surface area contributed by atoms with Gasteiger partial charge in [-0.25, -0.2) is 4.79 Å². The highest BCUT2D eigenvalue weighted by Gasteiger charge is 2.42. The standard InChI is InChI=1S/C30H33N3O6/c1-5-37-30(36)39-19(4)38-28-25(34)16-31-33-24(17-32(18(2)3)29(35)27(28)33)26-22-12-8-6-10-20(22)14-15-21-11-7-9-13-23(21)26/h6-13,16,18-19,24,26H,5,14-15,17H2,1-4H3/t19-,24+/m0/s1. The Bertz CT molecular complexity index is 1400. The SMILES string of the molecule is CCOC(=O)O[C@@H](C)Oc1c2n(ncc1=O)[C@@H](C1c3ccccc3CCc3ccccc31)CN(C(C)C)C2=O. The number of carbonyl (C=O) groups excluding carboxylic acids is 2. The molecule has 1 aliphatic heterocycles. The number of aryl methyl sites for hydroxylation is 2. The molecule has 2 aliphatic rings. The van der Waals surface area contributed by atoms with E-state index in [1.165, 1.54) is 29.2 Å². The Kier molecular flexibility index (Phi) is 7.41. The third-order valence-corrected chi connectivity index (χ3v) is 7.39. The van der Waals surface area contributed by atoms with Gasteiger partial charge in [-0.15, -0.1) is 0 Å². The topological polar surface area (TPSA) is 100.0 Å². The Morgan fingerprint density at radius 2 is 1.62 bits per heavy atom. The first kappa shape index (κ1) is 26.5. The third-order valence-electron chi connectivity index (χ3n) is 7.39. The number of hydrogen-bond acceptors (Lipinski definition) is 7. The monoisotopic (exact) mass is 531 g/mol. The lowest BCUT2D eigenvalue weighted by atomic mass is 9.81. The molecule has 0 radical (unpaired) electrons. The van der Waals surface area contributed by atoms with E-state index in [1.54, 1.807) is 16.5 Å². The average Bonchev–Trinajstić information content (AvgIpc) is 3.07. The predicted octanol–water partition coefficient (Wildman–Crippen LogP) is 4.48. The molecule has 5 rings (SSSR count). The lowest BCUT2D eigenvalue weighted by Crippen LogP contribution is -2.50. The molecule has 2 aromatic carbocycles. The van der Waals surface area contributed by atoms with E-state index in [9.17, 15) is 14.4 Å². The molecule has 2 heterocycles. The van der Waals surface area contributed by atoms with Crippen LogP contribution in [0.5, 0.6) is 5.75 Å². The molecule has 9 heteroatoms. The Morgan fingerprint density at radius 3 is 2.21 bits per heavy atom. The van der Waals surface area contributed by atoms with Crippen LogP contribution in [0.25, 0.3) is 0 Å². The second-order valence-electron chi connectivity index (χ2n) is 10.1. The summed E-state index contributed by atoms with van der Waals surface area (Å²) in [6, 6.07) is 16.3. The van der Waals surface area contributed by atoms with Gasteiger partial charge >= 0.3 is 6.16 Å². The molecule has 0 saturated carbocycles. The number of nitrogens with zero attached hydrogens (tertiary/aromatic N) is 3. The van der Waals surface area contributed by atoms with Crippen molar-refractivity contribution in [2.24, 2.45) is 0 Å². The molecular weight excluding hydrogens is 498 g/mol. The highest BCUT2D eigenvalue weighted by Crippen LogP contribution is 2.44. The zero-order valence-corrected chi connectivity index (χ0v) is 22.6. The summed E-state index contributed by atoms with van der Waals surface area (Å²) in [6.45, 7) is 7.55. The minimum atomic E-state index is -1.16. The minimum Gasteiger partial charge on any atom is -0.448 e. The summed E-state index contributed by atoms with van der Waals surface area (Å²) in [6.07, 6.45) is 0.891. The number of amides is 1. The lowest BCUT2D eigenvalue weighted by Gasteiger charge is -2.41. The summed E-state index contributed by atoms with van der Waals surface area (Å²) >= 11 is 0. The fraction of sp³-hybridized carbons (Fsp3) is 0.400. The maximum Gasteiger partial charge on any atom is 0.511 e. The van der Waals surface area contributed by atoms with Gasteiger partial charge in [0.2, 0.25) is 17.5 Å². The van der Waals surface area contributed by atoms with Crippen LogP contribution in [0.2, 0.25) is 0 Å². The van der Waals surface area contributed by atoms with E-state index in [0.29, 0.717) is 6.54 Å². The Hall–Kier alpha value is -4.14. The molecule has 0 unspecified atom stereocenters. The zero-order chi connectivity index (χ0) is 27.7. The molecule has 0 spiro atoms. The van der Waals surface area contributed by atoms with Gasteiger partial charge < -0.3 is 19.1 Å². The maximum atomic E-state index is 13.8. The van der Waals surface area contributed by atoms with Crippen LogP contribution in [0.1, 0.15) is 72.4 Å². The number of ether oxygens (including phenoxy) is 3. The van der Waals surface area contributed by atoms with Crippen LogP contribution in [-0.2, 0) is 22.3 Å². The predicted molar refractivity (Wildman–Crippen MR) is 144 cm³/mol. The normalized spacial score (nSPS) is 17.5. The van der Waals surface area contributed by atoms with Gasteiger partial charge in [0, 0.05) is 25.4 Å². The number of fused-ring (bicyclic) bond motifs is 3. The summed E-state index contributed by atoms with van der Waals surface area (Å²) < 4.78 is 17.4. The van der Waals surface area contributed by atoms with E-state index >= 15 is 0 Å². The van der Waals surface area contributed by atoms with Gasteiger partial charge in [0.05, 0.1) is 18.8 Å². The molecular formula is C30H33N3O6. The third kappa shape index (κ3) is 5.01. The first-order valence-electron chi connectivity index (χ1n) is 13.4. The second-order valence-corrected chi connectivity index (χ2v) is 10.1. The summed E-state index contributed by atoms with van der Waals surface area (Å²) in [4.78, 5) is 40.5. The smallest absolute Gasteiger partial charge is 0.448 e. The van der Waals surface area contributed by atoms with E-state index in [4.69, 9.17) is 14.2 Å². The van der Waals surface area contributed by atoms with Crippen molar-refractivity contribution in [1.29, 1.82) is 0 Å². The highest BCUT2D eigenvalue weighted by molar-refractivity contribution is 5.96. The second kappa shape index (κ2) is 10.9. The fourth-order valence-electron chi connectivity index (χ4n) is 5.66. The molecule has 39 heavy (non-hydrogen) atoms. The van der Waals surface area contributed by atoms with Crippen molar-refractivity contribution in [2.75, 3.05) is 13.2 Å². The van der Waals surface area contributed by atoms with Crippen LogP contribution in [-0.4, -0.2) is 52.2 Å². The van der Waals surface area contributed by atoms with Crippen LogP contribution in [0.4, 0.5) is 4.79 Å². The number of carbonyl (C=O) groups is 2. The van der Waals surface area contributed by atoms with E-state index in [-0.39, 0.29) is 42.0 Å². The van der Waals surface area contributed by atoms with Crippen molar-refractivity contribution in [3.8, 4) is 5.75 Å². The van der Waals surface area contributed by atoms with E-state index in [1.807, 2.05) is 26.0 Å². The van der Waals surface area contributed by atoms with Crippen molar-refractivity contribution in [2.45, 2.75) is 64.8 Å². The van der Waals surface area contributed by atoms with Gasteiger partial charge in [-0.05, 0) is 55.9 Å². The highest BCUT2D eigenvalue weighted by atomic mass is 16.8. The molecule has 1 amide bonds. The van der Waals surface area contributed by atoms with Crippen molar-refractivity contribution in [1.82, 2.24) is 14.7 Å². The molecule has 3 aromatic rings. The molecule has 9 nitrogen and oxygen atoms in total. The summed E-state index contributed by atoms with van der Waals surface area (Å²) in [5.74, 6) is -0.679. The molecule has 0 saturated heterocycles. The molecule has 2 atom stereocenters. The van der Waals surface area contributed by atoms with Crippen molar-refractivity contribution in [3.63, 3.8) is 0 Å². The van der Waals surface area contributed by atoms with Crippen LogP contribution in [0.15, 0.2) is 59.5 Å². The minimum absolute atomic E-state index is 0.0472. The van der Waals surface area contributed by atoms with E-state index in [0.717, 1.165) is 19.0 Å². The Morgan fingerprint density at radius 1 is 1.00 bits per heavy atom. The van der Waals surface area contributed by atoms with Gasteiger partial charge in [-0.3, -0.25) is 14.3 Å². The fourth-order valence-corrected chi connectivity index (χ4v) is 5.66. The van der Waals surface area contributed by atoms with Gasteiger partial charge in [-0.1, -0.05) is 48.5 Å². The van der Waals surface area contributed by atoms with Crippen LogP contribution >= 0.6 is 0 Å². The largest absolute Gasteiger partial charge is 0.511 e. The number of benzene rings is 2. The van der Waals surface area contributed by atoms with Gasteiger partial charge in [0.1, 0.15) is 0 Å². The first-order chi connectivity index (χ1) is 18.8. The number of aromatic nitrogens is 2. The molecule has 0 bridgehead atoms. The molecule has 0 fully saturated rings. The van der Waals surface area contributed by atoms with E-state index in [2.05, 4.69) is 41.5 Å². The average molecular weight is 532 g/mol. The van der Waals surface area contributed by atoms with Gasteiger partial charge in [0.25, 0.3) is 5.91 Å². The molecule has 204 valence electrons. The molecule has 1 aromatic heterocycles. The summed E-state index contributed by atoms with van der Waals surface area (Å²) in [5.41, 5.74) is 4.34. The van der Waals surface area contributed by atoms with Crippen LogP contribution < -0.4 is 10.2 Å². The van der Waals surface area contributed by atoms with Crippen molar-refractivity contribution >= 4 is 12.1 Å². The Labute approximate surface area is 227 Å². The number of hydrogen-bond donors (Lipinski definition) is 0. The maximum absolute atomic E-state index is 13.8. The van der Waals surface area contributed by atoms with Gasteiger partial charge in [0.15, 0.2) is 5.69 Å². The number of rotatable bonds is 6. The van der Waals surface area contributed by atoms with Crippen LogP contribution in [0, 0.1) is 0 Å². The zero-order valence-electron chi connectivity index (χ0n) is 22.6. The molecule has 1 aliphatic carbocycles. The summed E-state index contributed by atoms with van der Waals surface area (Å²) in [5, 5.41) is 4.50. The lowest BCUT2D eigenvalue weighted by molar-refractivity contribution is -0.0533. The van der Waals surface area contributed by atoms with Gasteiger partial charge in [-0.2, -0.15) is 5.10 Å². The summed E-state index contributed by atoms with van der Waals surface area (Å²) in [7, 11) is 0. The first-order valence-corrected chi connectivity index (χ1v) is 13.4. The Balaban J connectivity index is 1.67. The van der Waals surface area contributed by atoms with Crippen molar-refractivity contribution < 1.29 is 23.8 Å². The quantitative estimate of drug-likeness (QED) is 0.342. The van der Waals surface area contributed by atoms with Crippen molar-refractivity contribution in [3.05, 3.63) is 92.9 Å². The van der Waals surface area contributed by atoms with Crippen LogP contribution in [0.3, 0.4) is 0 Å².